The van der Waals surface area contributed by atoms with Gasteiger partial charge in [0.1, 0.15) is 0 Å². The van der Waals surface area contributed by atoms with Crippen LogP contribution < -0.4 is 5.32 Å². The van der Waals surface area contributed by atoms with Gasteiger partial charge in [-0.3, -0.25) is 9.59 Å². The number of nitrogens with zero attached hydrogens (tertiary/aromatic N) is 3. The summed E-state index contributed by atoms with van der Waals surface area (Å²) < 4.78 is 1.08. The molecule has 2 amide bonds. The number of aryl methyl sites for hydroxylation is 2. The maximum Gasteiger partial charge on any atom is 0.254 e. The lowest BCUT2D eigenvalue weighted by Crippen LogP contribution is -2.50. The second-order valence-corrected chi connectivity index (χ2v) is 9.16. The summed E-state index contributed by atoms with van der Waals surface area (Å²) in [5, 5.41) is 3.93. The normalized spacial score (nSPS) is 14.0. The molecule has 1 aliphatic heterocycles. The van der Waals surface area contributed by atoms with Gasteiger partial charge < -0.3 is 15.1 Å². The third kappa shape index (κ3) is 4.82. The van der Waals surface area contributed by atoms with Crippen LogP contribution in [0.15, 0.2) is 40.1 Å². The molecule has 1 saturated heterocycles. The lowest BCUT2D eigenvalue weighted by Gasteiger charge is -2.34. The highest BCUT2D eigenvalue weighted by atomic mass is 32.2. The van der Waals surface area contributed by atoms with Crippen LogP contribution in [0, 0.1) is 6.92 Å². The first kappa shape index (κ1) is 21.4. The zero-order chi connectivity index (χ0) is 21.0. The maximum absolute atomic E-state index is 13.3. The standard InChI is InChI=1S/C21H26N4O2S2/c1-5-15-11-14(3)17(28-19-13-23-21(22-4)29-19)12-16(15)20(27)25-9-7-24(8-10-25)18(26)6-2/h6,11-13H,2,5,7-10H2,1,3-4H3,(H,22,23). The number of benzene rings is 1. The van der Waals surface area contributed by atoms with Crippen LogP contribution in [0.3, 0.4) is 0 Å². The summed E-state index contributed by atoms with van der Waals surface area (Å²) in [5.41, 5.74) is 2.97. The Bertz CT molecular complexity index is 917. The number of hydrogen-bond donors (Lipinski definition) is 1. The lowest BCUT2D eigenvalue weighted by molar-refractivity contribution is -0.127. The van der Waals surface area contributed by atoms with Crippen molar-refractivity contribution < 1.29 is 9.59 Å². The highest BCUT2D eigenvalue weighted by molar-refractivity contribution is 8.01. The van der Waals surface area contributed by atoms with Crippen LogP contribution in [0.2, 0.25) is 0 Å². The second-order valence-electron chi connectivity index (χ2n) is 6.79. The topological polar surface area (TPSA) is 65.5 Å². The summed E-state index contributed by atoms with van der Waals surface area (Å²) in [6, 6.07) is 4.13. The largest absolute Gasteiger partial charge is 0.365 e. The van der Waals surface area contributed by atoms with Crippen molar-refractivity contribution >= 4 is 40.0 Å². The summed E-state index contributed by atoms with van der Waals surface area (Å²) in [6.45, 7) is 9.85. The van der Waals surface area contributed by atoms with Gasteiger partial charge in [-0.2, -0.15) is 0 Å². The average molecular weight is 431 g/mol. The molecule has 2 heterocycles. The number of aromatic nitrogens is 1. The van der Waals surface area contributed by atoms with E-state index in [0.717, 1.165) is 37.3 Å². The number of nitrogens with one attached hydrogen (secondary N) is 1. The average Bonchev–Trinajstić information content (AvgIpc) is 3.21. The van der Waals surface area contributed by atoms with Crippen molar-refractivity contribution in [3.05, 3.63) is 47.7 Å². The van der Waals surface area contributed by atoms with Gasteiger partial charge in [0, 0.05) is 43.7 Å². The van der Waals surface area contributed by atoms with Crippen molar-refractivity contribution in [1.29, 1.82) is 0 Å². The van der Waals surface area contributed by atoms with Gasteiger partial charge in [0.2, 0.25) is 5.91 Å². The number of amides is 2. The zero-order valence-corrected chi connectivity index (χ0v) is 18.7. The Morgan fingerprint density at radius 3 is 2.55 bits per heavy atom. The number of anilines is 1. The quantitative estimate of drug-likeness (QED) is 0.709. The highest BCUT2D eigenvalue weighted by Gasteiger charge is 2.25. The molecule has 1 aromatic carbocycles. The SMILES string of the molecule is C=CC(=O)N1CCN(C(=O)c2cc(Sc3cnc(NC)s3)c(C)cc2CC)CC1. The first-order chi connectivity index (χ1) is 14.0. The summed E-state index contributed by atoms with van der Waals surface area (Å²) >= 11 is 3.23. The van der Waals surface area contributed by atoms with Crippen LogP contribution in [0.1, 0.15) is 28.4 Å². The van der Waals surface area contributed by atoms with Crippen LogP contribution in [0.25, 0.3) is 0 Å². The van der Waals surface area contributed by atoms with Crippen molar-refractivity contribution in [1.82, 2.24) is 14.8 Å². The molecule has 8 heteroatoms. The van der Waals surface area contributed by atoms with Gasteiger partial charge >= 0.3 is 0 Å². The van der Waals surface area contributed by atoms with Gasteiger partial charge in [-0.05, 0) is 36.6 Å². The zero-order valence-electron chi connectivity index (χ0n) is 17.0. The Labute approximate surface area is 180 Å². The van der Waals surface area contributed by atoms with E-state index in [1.165, 1.54) is 6.08 Å². The smallest absolute Gasteiger partial charge is 0.254 e. The van der Waals surface area contributed by atoms with E-state index in [1.54, 1.807) is 28.0 Å². The molecule has 0 unspecified atom stereocenters. The Hall–Kier alpha value is -2.32. The number of piperazine rings is 1. The van der Waals surface area contributed by atoms with E-state index in [4.69, 9.17) is 0 Å². The van der Waals surface area contributed by atoms with Gasteiger partial charge in [-0.25, -0.2) is 4.98 Å². The molecule has 154 valence electrons. The molecule has 0 spiro atoms. The van der Waals surface area contributed by atoms with Crippen LogP contribution in [0.4, 0.5) is 5.13 Å². The van der Waals surface area contributed by atoms with E-state index >= 15 is 0 Å². The first-order valence-electron chi connectivity index (χ1n) is 9.62. The molecule has 0 aliphatic carbocycles. The molecule has 2 aromatic rings. The van der Waals surface area contributed by atoms with Crippen molar-refractivity contribution in [3.63, 3.8) is 0 Å². The third-order valence-electron chi connectivity index (χ3n) is 4.97. The van der Waals surface area contributed by atoms with E-state index in [2.05, 4.69) is 36.8 Å². The predicted molar refractivity (Wildman–Crippen MR) is 119 cm³/mol. The molecule has 3 rings (SSSR count). The van der Waals surface area contributed by atoms with Gasteiger partial charge in [0.15, 0.2) is 5.13 Å². The van der Waals surface area contributed by atoms with Crippen LogP contribution in [-0.2, 0) is 11.2 Å². The first-order valence-corrected chi connectivity index (χ1v) is 11.3. The molecular weight excluding hydrogens is 404 g/mol. The number of carbonyl (C=O) groups excluding carboxylic acids is 2. The van der Waals surface area contributed by atoms with E-state index in [0.29, 0.717) is 26.2 Å². The van der Waals surface area contributed by atoms with Gasteiger partial charge in [0.05, 0.1) is 10.4 Å². The number of rotatable bonds is 6. The Morgan fingerprint density at radius 2 is 1.97 bits per heavy atom. The minimum Gasteiger partial charge on any atom is -0.365 e. The molecule has 0 bridgehead atoms. The molecule has 1 aromatic heterocycles. The van der Waals surface area contributed by atoms with Crippen molar-refractivity contribution in [2.45, 2.75) is 29.4 Å². The summed E-state index contributed by atoms with van der Waals surface area (Å²) in [4.78, 5) is 34.0. The van der Waals surface area contributed by atoms with Crippen LogP contribution in [-0.4, -0.2) is 59.8 Å². The van der Waals surface area contributed by atoms with Gasteiger partial charge in [-0.15, -0.1) is 0 Å². The Kier molecular flexibility index (Phi) is 6.97. The van der Waals surface area contributed by atoms with Gasteiger partial charge in [-0.1, -0.05) is 42.7 Å². The van der Waals surface area contributed by atoms with Gasteiger partial charge in [0.25, 0.3) is 5.91 Å². The highest BCUT2D eigenvalue weighted by Crippen LogP contribution is 2.37. The minimum absolute atomic E-state index is 0.0367. The van der Waals surface area contributed by atoms with Crippen molar-refractivity contribution in [3.8, 4) is 0 Å². The number of carbonyl (C=O) groups is 2. The molecule has 0 radical (unpaired) electrons. The summed E-state index contributed by atoms with van der Waals surface area (Å²) in [6.07, 6.45) is 3.98. The monoisotopic (exact) mass is 430 g/mol. The fourth-order valence-corrected chi connectivity index (χ4v) is 5.20. The summed E-state index contributed by atoms with van der Waals surface area (Å²) in [7, 11) is 1.85. The van der Waals surface area contributed by atoms with Crippen molar-refractivity contribution in [2.75, 3.05) is 38.5 Å². The van der Waals surface area contributed by atoms with E-state index < -0.39 is 0 Å². The van der Waals surface area contributed by atoms with Crippen LogP contribution >= 0.6 is 23.1 Å². The molecule has 29 heavy (non-hydrogen) atoms. The molecule has 0 atom stereocenters. The molecule has 0 saturated carbocycles. The van der Waals surface area contributed by atoms with Crippen molar-refractivity contribution in [2.24, 2.45) is 0 Å². The Balaban J connectivity index is 1.81. The van der Waals surface area contributed by atoms with E-state index in [1.807, 2.05) is 24.2 Å². The Morgan fingerprint density at radius 1 is 1.28 bits per heavy atom. The molecule has 1 fully saturated rings. The maximum atomic E-state index is 13.3. The number of hydrogen-bond acceptors (Lipinski definition) is 6. The molecule has 6 nitrogen and oxygen atoms in total. The lowest BCUT2D eigenvalue weighted by atomic mass is 10.0. The second kappa shape index (κ2) is 9.45. The fourth-order valence-electron chi connectivity index (χ4n) is 3.31. The fraction of sp³-hybridized carbons (Fsp3) is 0.381. The van der Waals surface area contributed by atoms with E-state index in [9.17, 15) is 9.59 Å². The third-order valence-corrected chi connectivity index (χ3v) is 7.25. The van der Waals surface area contributed by atoms with Crippen LogP contribution in [0.5, 0.6) is 0 Å². The molecule has 1 aliphatic rings. The predicted octanol–water partition coefficient (Wildman–Crippen LogP) is 3.68. The van der Waals surface area contributed by atoms with E-state index in [-0.39, 0.29) is 11.8 Å². The minimum atomic E-state index is -0.0779. The number of thiazole rings is 1. The molecular formula is C21H26N4O2S2. The molecule has 1 N–H and O–H groups in total. The summed E-state index contributed by atoms with van der Waals surface area (Å²) in [5.74, 6) is -0.0412.